The van der Waals surface area contributed by atoms with Gasteiger partial charge in [0.15, 0.2) is 10.7 Å². The summed E-state index contributed by atoms with van der Waals surface area (Å²) in [5, 5.41) is 16.2. The molecule has 0 unspecified atom stereocenters. The van der Waals surface area contributed by atoms with Gasteiger partial charge >= 0.3 is 0 Å². The average molecular weight is 313 g/mol. The number of aromatic nitrogens is 1. The summed E-state index contributed by atoms with van der Waals surface area (Å²) in [5.74, 6) is 1.17. The van der Waals surface area contributed by atoms with E-state index in [1.165, 1.54) is 6.20 Å². The molecule has 0 aliphatic heterocycles. The maximum atomic E-state index is 11.0. The van der Waals surface area contributed by atoms with E-state index in [4.69, 9.17) is 0 Å². The second kappa shape index (κ2) is 6.62. The maximum absolute atomic E-state index is 11.0. The van der Waals surface area contributed by atoms with Gasteiger partial charge in [0, 0.05) is 19.8 Å². The SMILES string of the molecule is CNc1cc([SH](=O)=O)cnc1NC[C@H]1CC[C@](C)(O)CC1. The van der Waals surface area contributed by atoms with Crippen LogP contribution >= 0.6 is 0 Å². The Balaban J connectivity index is 1.97. The first-order valence-corrected chi connectivity index (χ1v) is 8.37. The van der Waals surface area contributed by atoms with Crippen LogP contribution in [0, 0.1) is 5.92 Å². The molecule has 1 heterocycles. The molecule has 1 aliphatic rings. The van der Waals surface area contributed by atoms with Crippen molar-refractivity contribution in [2.24, 2.45) is 5.92 Å². The Labute approximate surface area is 126 Å². The molecule has 0 bridgehead atoms. The monoisotopic (exact) mass is 313 g/mol. The summed E-state index contributed by atoms with van der Waals surface area (Å²) >= 11 is 0. The topological polar surface area (TPSA) is 91.3 Å². The van der Waals surface area contributed by atoms with Crippen molar-refractivity contribution >= 4 is 22.2 Å². The Morgan fingerprint density at radius 1 is 1.43 bits per heavy atom. The minimum absolute atomic E-state index is 0.202. The molecule has 0 aromatic carbocycles. The second-order valence-corrected chi connectivity index (χ2v) is 6.95. The van der Waals surface area contributed by atoms with Crippen LogP contribution in [0.15, 0.2) is 17.2 Å². The number of thiol groups is 1. The van der Waals surface area contributed by atoms with E-state index >= 15 is 0 Å². The predicted molar refractivity (Wildman–Crippen MR) is 83.4 cm³/mol. The lowest BCUT2D eigenvalue weighted by atomic mass is 9.80. The molecule has 21 heavy (non-hydrogen) atoms. The standard InChI is InChI=1S/C14H23N3O3S/c1-14(18)5-3-10(4-6-14)8-16-13-12(15-2)7-11(9-17-13)21(19)20/h7,9-10,15,18,21H,3-6,8H2,1-2H3,(H,16,17)/t10-,14-. The van der Waals surface area contributed by atoms with Gasteiger partial charge in [-0.3, -0.25) is 0 Å². The molecule has 0 saturated heterocycles. The summed E-state index contributed by atoms with van der Waals surface area (Å²) in [7, 11) is -0.882. The number of anilines is 2. The summed E-state index contributed by atoms with van der Waals surface area (Å²) in [5.41, 5.74) is 0.154. The smallest absolute Gasteiger partial charge is 0.169 e. The molecule has 0 atom stereocenters. The van der Waals surface area contributed by atoms with Crippen LogP contribution in [0.1, 0.15) is 32.6 Å². The third kappa shape index (κ3) is 4.31. The molecule has 1 aromatic rings. The molecule has 6 nitrogen and oxygen atoms in total. The van der Waals surface area contributed by atoms with E-state index in [0.717, 1.165) is 32.2 Å². The molecule has 7 heteroatoms. The zero-order valence-electron chi connectivity index (χ0n) is 12.4. The Hall–Kier alpha value is -1.34. The number of pyridine rings is 1. The van der Waals surface area contributed by atoms with Gasteiger partial charge in [-0.25, -0.2) is 13.4 Å². The number of aliphatic hydroxyl groups is 1. The maximum Gasteiger partial charge on any atom is 0.169 e. The summed E-state index contributed by atoms with van der Waals surface area (Å²) < 4.78 is 21.9. The quantitative estimate of drug-likeness (QED) is 0.615. The highest BCUT2D eigenvalue weighted by Crippen LogP contribution is 2.32. The fourth-order valence-corrected chi connectivity index (χ4v) is 3.02. The van der Waals surface area contributed by atoms with Gasteiger partial charge in [-0.1, -0.05) is 0 Å². The first-order chi connectivity index (χ1) is 9.91. The van der Waals surface area contributed by atoms with Crippen molar-refractivity contribution in [2.45, 2.75) is 43.1 Å². The van der Waals surface area contributed by atoms with Gasteiger partial charge in [0.1, 0.15) is 5.82 Å². The molecular weight excluding hydrogens is 290 g/mol. The lowest BCUT2D eigenvalue weighted by Crippen LogP contribution is -2.32. The first kappa shape index (κ1) is 16.0. The van der Waals surface area contributed by atoms with Crippen molar-refractivity contribution in [3.05, 3.63) is 12.3 Å². The molecule has 0 radical (unpaired) electrons. The zero-order chi connectivity index (χ0) is 15.5. The number of nitrogens with zero attached hydrogens (tertiary/aromatic N) is 1. The Kier molecular flexibility index (Phi) is 5.05. The van der Waals surface area contributed by atoms with Crippen LogP contribution in [-0.2, 0) is 10.7 Å². The highest BCUT2D eigenvalue weighted by Gasteiger charge is 2.28. The van der Waals surface area contributed by atoms with Crippen LogP contribution in [0.4, 0.5) is 11.5 Å². The third-order valence-electron chi connectivity index (χ3n) is 4.09. The van der Waals surface area contributed by atoms with E-state index in [1.807, 2.05) is 6.92 Å². The van der Waals surface area contributed by atoms with Crippen molar-refractivity contribution in [3.63, 3.8) is 0 Å². The number of hydrogen-bond acceptors (Lipinski definition) is 6. The molecule has 1 aromatic heterocycles. The van der Waals surface area contributed by atoms with Crippen molar-refractivity contribution in [3.8, 4) is 0 Å². The minimum Gasteiger partial charge on any atom is -0.390 e. The lowest BCUT2D eigenvalue weighted by Gasteiger charge is -2.33. The second-order valence-electron chi connectivity index (χ2n) is 5.92. The molecule has 0 spiro atoms. The number of rotatable bonds is 5. The highest BCUT2D eigenvalue weighted by molar-refractivity contribution is 7.72. The van der Waals surface area contributed by atoms with Gasteiger partial charge in [-0.15, -0.1) is 0 Å². The number of nitrogens with one attached hydrogen (secondary N) is 2. The van der Waals surface area contributed by atoms with Gasteiger partial charge < -0.3 is 15.7 Å². The van der Waals surface area contributed by atoms with Crippen molar-refractivity contribution in [1.82, 2.24) is 4.98 Å². The molecule has 1 saturated carbocycles. The average Bonchev–Trinajstić information content (AvgIpc) is 2.46. The summed E-state index contributed by atoms with van der Waals surface area (Å²) in [6.45, 7) is 2.67. The van der Waals surface area contributed by atoms with E-state index in [2.05, 4.69) is 15.6 Å². The molecule has 0 amide bonds. The molecule has 1 fully saturated rings. The third-order valence-corrected chi connectivity index (χ3v) is 4.76. The van der Waals surface area contributed by atoms with E-state index in [0.29, 0.717) is 17.4 Å². The van der Waals surface area contributed by atoms with Gasteiger partial charge in [-0.05, 0) is 44.6 Å². The molecular formula is C14H23N3O3S. The predicted octanol–water partition coefficient (Wildman–Crippen LogP) is 1.45. The number of hydrogen-bond donors (Lipinski definition) is 4. The zero-order valence-corrected chi connectivity index (χ0v) is 13.3. The lowest BCUT2D eigenvalue weighted by molar-refractivity contribution is 0.00976. The van der Waals surface area contributed by atoms with Crippen molar-refractivity contribution in [2.75, 3.05) is 24.2 Å². The van der Waals surface area contributed by atoms with Crippen LogP contribution in [-0.4, -0.2) is 37.7 Å². The first-order valence-electron chi connectivity index (χ1n) is 7.20. The normalized spacial score (nSPS) is 25.8. The van der Waals surface area contributed by atoms with Crippen molar-refractivity contribution < 1.29 is 13.5 Å². The van der Waals surface area contributed by atoms with Crippen LogP contribution < -0.4 is 10.6 Å². The molecule has 2 rings (SSSR count). The van der Waals surface area contributed by atoms with Gasteiger partial charge in [-0.2, -0.15) is 0 Å². The largest absolute Gasteiger partial charge is 0.390 e. The minimum atomic E-state index is -2.62. The van der Waals surface area contributed by atoms with Gasteiger partial charge in [0.2, 0.25) is 0 Å². The summed E-state index contributed by atoms with van der Waals surface area (Å²) in [6, 6.07) is 1.58. The van der Waals surface area contributed by atoms with Gasteiger partial charge in [0.25, 0.3) is 0 Å². The Bertz CT molecular complexity index is 555. The Morgan fingerprint density at radius 3 is 2.67 bits per heavy atom. The van der Waals surface area contributed by atoms with Gasteiger partial charge in [0.05, 0.1) is 16.2 Å². The molecule has 3 N–H and O–H groups in total. The van der Waals surface area contributed by atoms with E-state index in [-0.39, 0.29) is 4.90 Å². The molecule has 118 valence electrons. The highest BCUT2D eigenvalue weighted by atomic mass is 32.2. The van der Waals surface area contributed by atoms with Crippen LogP contribution in [0.2, 0.25) is 0 Å². The Morgan fingerprint density at radius 2 is 2.10 bits per heavy atom. The summed E-state index contributed by atoms with van der Waals surface area (Å²) in [4.78, 5) is 4.38. The van der Waals surface area contributed by atoms with E-state index in [9.17, 15) is 13.5 Å². The van der Waals surface area contributed by atoms with Crippen LogP contribution in [0.25, 0.3) is 0 Å². The van der Waals surface area contributed by atoms with Crippen LogP contribution in [0.3, 0.4) is 0 Å². The summed E-state index contributed by atoms with van der Waals surface area (Å²) in [6.07, 6.45) is 4.97. The fraction of sp³-hybridized carbons (Fsp3) is 0.643. The van der Waals surface area contributed by atoms with Crippen molar-refractivity contribution in [1.29, 1.82) is 0 Å². The molecule has 1 aliphatic carbocycles. The van der Waals surface area contributed by atoms with Crippen LogP contribution in [0.5, 0.6) is 0 Å². The van der Waals surface area contributed by atoms with E-state index < -0.39 is 16.3 Å². The fourth-order valence-electron chi connectivity index (χ4n) is 2.63. The van der Waals surface area contributed by atoms with E-state index in [1.54, 1.807) is 13.1 Å².